The molecule has 0 bridgehead atoms. The second kappa shape index (κ2) is 6.57. The lowest BCUT2D eigenvalue weighted by Crippen LogP contribution is -2.02. The van der Waals surface area contributed by atoms with Crippen molar-refractivity contribution in [2.75, 3.05) is 0 Å². The number of rotatable bonds is 3. The summed E-state index contributed by atoms with van der Waals surface area (Å²) in [4.78, 5) is 6.92. The van der Waals surface area contributed by atoms with Gasteiger partial charge in [-0.1, -0.05) is 47.0 Å². The lowest BCUT2D eigenvalue weighted by molar-refractivity contribution is 0.998. The molecule has 28 heavy (non-hydrogen) atoms. The molecule has 0 aliphatic rings. The van der Waals surface area contributed by atoms with E-state index in [1.165, 1.54) is 38.6 Å². The van der Waals surface area contributed by atoms with Crippen LogP contribution in [-0.2, 0) is 0 Å². The molecule has 0 amide bonds. The quantitative estimate of drug-likeness (QED) is 0.332. The van der Waals surface area contributed by atoms with Gasteiger partial charge in [0.05, 0.1) is 0 Å². The molecule has 0 saturated carbocycles. The van der Waals surface area contributed by atoms with Gasteiger partial charge in [0, 0.05) is 45.1 Å². The summed E-state index contributed by atoms with van der Waals surface area (Å²) >= 11 is 6.19. The van der Waals surface area contributed by atoms with E-state index in [1.54, 1.807) is 0 Å². The van der Waals surface area contributed by atoms with Gasteiger partial charge in [-0.05, 0) is 66.9 Å². The number of fused-ring (bicyclic) bond motifs is 2. The Morgan fingerprint density at radius 3 is 1.68 bits per heavy atom. The Kier molecular flexibility index (Phi) is 4.03. The Morgan fingerprint density at radius 2 is 1.18 bits per heavy atom. The van der Waals surface area contributed by atoms with Crippen LogP contribution in [-0.4, -0.2) is 9.97 Å². The molecule has 0 aliphatic carbocycles. The van der Waals surface area contributed by atoms with Crippen LogP contribution in [0.15, 0.2) is 73.1 Å². The number of aromatic nitrogens is 2. The summed E-state index contributed by atoms with van der Waals surface area (Å²) < 4.78 is 0. The van der Waals surface area contributed by atoms with E-state index >= 15 is 0 Å². The van der Waals surface area contributed by atoms with E-state index in [1.807, 2.05) is 12.1 Å². The van der Waals surface area contributed by atoms with E-state index in [0.29, 0.717) is 0 Å². The molecule has 3 heteroatoms. The number of H-pyrrole nitrogens is 2. The monoisotopic (exact) mass is 384 g/mol. The first-order valence-corrected chi connectivity index (χ1v) is 9.89. The van der Waals surface area contributed by atoms with Crippen LogP contribution in [0.25, 0.3) is 21.8 Å². The van der Waals surface area contributed by atoms with Crippen molar-refractivity contribution in [3.8, 4) is 0 Å². The molecule has 5 aromatic rings. The highest BCUT2D eigenvalue weighted by Gasteiger charge is 2.23. The first-order valence-electron chi connectivity index (χ1n) is 9.51. The smallest absolute Gasteiger partial charge is 0.0457 e. The predicted molar refractivity (Wildman–Crippen MR) is 118 cm³/mol. The van der Waals surface area contributed by atoms with Gasteiger partial charge >= 0.3 is 0 Å². The summed E-state index contributed by atoms with van der Waals surface area (Å²) in [5, 5.41) is 3.29. The van der Waals surface area contributed by atoms with Crippen LogP contribution in [0.5, 0.6) is 0 Å². The lowest BCUT2D eigenvalue weighted by Gasteiger charge is -2.18. The van der Waals surface area contributed by atoms with Crippen LogP contribution in [0.3, 0.4) is 0 Å². The van der Waals surface area contributed by atoms with Gasteiger partial charge in [-0.25, -0.2) is 0 Å². The molecule has 138 valence electrons. The second-order valence-corrected chi connectivity index (χ2v) is 8.01. The zero-order valence-corrected chi connectivity index (χ0v) is 16.6. The fraction of sp³-hybridized carbons (Fsp3) is 0.120. The molecule has 0 radical (unpaired) electrons. The van der Waals surface area contributed by atoms with E-state index in [9.17, 15) is 0 Å². The standard InChI is InChI=1S/C25H21ClN2/c1-15-3-9-23-19(11-15)21(13-27-23)25(17-5-7-18(26)8-6-17)22-14-28-24-10-4-16(2)12-20(22)24/h3-14,25,27-28H,1-2H3. The number of hydrogen-bond donors (Lipinski definition) is 2. The first kappa shape index (κ1) is 17.2. The third kappa shape index (κ3) is 2.81. The zero-order valence-electron chi connectivity index (χ0n) is 15.9. The van der Waals surface area contributed by atoms with Crippen molar-refractivity contribution in [1.29, 1.82) is 0 Å². The van der Waals surface area contributed by atoms with Crippen molar-refractivity contribution < 1.29 is 0 Å². The van der Waals surface area contributed by atoms with Crippen LogP contribution < -0.4 is 0 Å². The number of aromatic amines is 2. The van der Waals surface area contributed by atoms with Crippen LogP contribution in [0.2, 0.25) is 5.02 Å². The molecular weight excluding hydrogens is 364 g/mol. The fourth-order valence-corrected chi connectivity index (χ4v) is 4.30. The van der Waals surface area contributed by atoms with E-state index in [0.717, 1.165) is 16.1 Å². The highest BCUT2D eigenvalue weighted by atomic mass is 35.5. The molecule has 0 spiro atoms. The maximum Gasteiger partial charge on any atom is 0.0457 e. The van der Waals surface area contributed by atoms with Crippen LogP contribution in [0.4, 0.5) is 0 Å². The van der Waals surface area contributed by atoms with Crippen LogP contribution in [0.1, 0.15) is 33.7 Å². The van der Waals surface area contributed by atoms with E-state index in [-0.39, 0.29) is 5.92 Å². The molecule has 2 aromatic heterocycles. The maximum atomic E-state index is 6.19. The lowest BCUT2D eigenvalue weighted by atomic mass is 9.84. The molecular formula is C25H21ClN2. The molecule has 0 fully saturated rings. The Morgan fingerprint density at radius 1 is 0.679 bits per heavy atom. The Balaban J connectivity index is 1.81. The number of halogens is 1. The van der Waals surface area contributed by atoms with Gasteiger partial charge < -0.3 is 9.97 Å². The zero-order chi connectivity index (χ0) is 19.3. The highest BCUT2D eigenvalue weighted by Crippen LogP contribution is 2.40. The summed E-state index contributed by atoms with van der Waals surface area (Å²) in [7, 11) is 0. The van der Waals surface area contributed by atoms with Gasteiger partial charge in [0.15, 0.2) is 0 Å². The first-order chi connectivity index (χ1) is 13.6. The average Bonchev–Trinajstić information content (AvgIpc) is 3.28. The Labute approximate surface area is 169 Å². The summed E-state index contributed by atoms with van der Waals surface area (Å²) in [5.74, 6) is 0.114. The van der Waals surface area contributed by atoms with Crippen molar-refractivity contribution in [3.05, 3.63) is 106 Å². The summed E-state index contributed by atoms with van der Waals surface area (Å²) in [6, 6.07) is 21.4. The normalized spacial score (nSPS) is 11.7. The molecule has 0 aliphatic heterocycles. The highest BCUT2D eigenvalue weighted by molar-refractivity contribution is 6.30. The van der Waals surface area contributed by atoms with Crippen molar-refractivity contribution in [3.63, 3.8) is 0 Å². The minimum absolute atomic E-state index is 0.114. The number of nitrogens with one attached hydrogen (secondary N) is 2. The summed E-state index contributed by atoms with van der Waals surface area (Å²) in [6.07, 6.45) is 4.30. The van der Waals surface area contributed by atoms with Gasteiger partial charge in [0.1, 0.15) is 0 Å². The van der Waals surface area contributed by atoms with Crippen molar-refractivity contribution >= 4 is 33.4 Å². The molecule has 2 N–H and O–H groups in total. The SMILES string of the molecule is Cc1ccc2[nH]cc(C(c3ccc(Cl)cc3)c3c[nH]c4ccc(C)cc34)c2c1. The number of benzene rings is 3. The van der Waals surface area contributed by atoms with Gasteiger partial charge in [0.25, 0.3) is 0 Å². The predicted octanol–water partition coefficient (Wildman–Crippen LogP) is 7.10. The molecule has 2 nitrogen and oxygen atoms in total. The minimum atomic E-state index is 0.114. The molecule has 0 unspecified atom stereocenters. The van der Waals surface area contributed by atoms with Gasteiger partial charge in [0.2, 0.25) is 0 Å². The van der Waals surface area contributed by atoms with Gasteiger partial charge in [-0.2, -0.15) is 0 Å². The van der Waals surface area contributed by atoms with Crippen molar-refractivity contribution in [2.45, 2.75) is 19.8 Å². The molecule has 5 rings (SSSR count). The Bertz CT molecular complexity index is 1210. The molecule has 0 atom stereocenters. The minimum Gasteiger partial charge on any atom is -0.361 e. The summed E-state index contributed by atoms with van der Waals surface area (Å²) in [5.41, 5.74) is 8.64. The molecule has 3 aromatic carbocycles. The topological polar surface area (TPSA) is 31.6 Å². The number of aryl methyl sites for hydroxylation is 2. The second-order valence-electron chi connectivity index (χ2n) is 7.57. The van der Waals surface area contributed by atoms with E-state index < -0.39 is 0 Å². The van der Waals surface area contributed by atoms with Gasteiger partial charge in [-0.3, -0.25) is 0 Å². The number of hydrogen-bond acceptors (Lipinski definition) is 0. The van der Waals surface area contributed by atoms with Crippen LogP contribution >= 0.6 is 11.6 Å². The molecule has 0 saturated heterocycles. The van der Waals surface area contributed by atoms with Crippen molar-refractivity contribution in [2.24, 2.45) is 0 Å². The Hall–Kier alpha value is -2.97. The summed E-state index contributed by atoms with van der Waals surface area (Å²) in [6.45, 7) is 4.28. The van der Waals surface area contributed by atoms with Crippen molar-refractivity contribution in [1.82, 2.24) is 9.97 Å². The average molecular weight is 385 g/mol. The third-order valence-corrected chi connectivity index (χ3v) is 5.82. The largest absolute Gasteiger partial charge is 0.361 e. The fourth-order valence-electron chi connectivity index (χ4n) is 4.17. The van der Waals surface area contributed by atoms with E-state index in [4.69, 9.17) is 11.6 Å². The molecule has 2 heterocycles. The third-order valence-electron chi connectivity index (χ3n) is 5.56. The van der Waals surface area contributed by atoms with Crippen LogP contribution in [0, 0.1) is 13.8 Å². The van der Waals surface area contributed by atoms with E-state index in [2.05, 4.69) is 84.7 Å². The maximum absolute atomic E-state index is 6.19. The van der Waals surface area contributed by atoms with Gasteiger partial charge in [-0.15, -0.1) is 0 Å².